The number of carbonyl (C=O) groups excluding carboxylic acids is 1. The largest absolute Gasteiger partial charge is 0.289 e. The van der Waals surface area contributed by atoms with Gasteiger partial charge in [-0.3, -0.25) is 10.0 Å². The van der Waals surface area contributed by atoms with E-state index < -0.39 is 26.9 Å². The van der Waals surface area contributed by atoms with Gasteiger partial charge >= 0.3 is 0 Å². The third-order valence-corrected chi connectivity index (χ3v) is 6.24. The van der Waals surface area contributed by atoms with E-state index in [0.29, 0.717) is 11.1 Å². The van der Waals surface area contributed by atoms with Crippen LogP contribution in [0, 0.1) is 0 Å². The summed E-state index contributed by atoms with van der Waals surface area (Å²) in [5, 5.41) is 7.96. The van der Waals surface area contributed by atoms with Crippen molar-refractivity contribution in [1.82, 2.24) is 5.48 Å². The van der Waals surface area contributed by atoms with Crippen LogP contribution in [0.2, 0.25) is 0 Å². The maximum atomic E-state index is 12.9. The summed E-state index contributed by atoms with van der Waals surface area (Å²) in [6, 6.07) is 15.6. The van der Waals surface area contributed by atoms with E-state index in [9.17, 15) is 13.2 Å². The van der Waals surface area contributed by atoms with E-state index in [1.165, 1.54) is 0 Å². The van der Waals surface area contributed by atoms with Gasteiger partial charge < -0.3 is 0 Å². The molecule has 1 amide bonds. The molecule has 1 aliphatic rings. The first-order chi connectivity index (χ1) is 10.6. The number of amides is 1. The first-order valence-electron chi connectivity index (χ1n) is 6.86. The quantitative estimate of drug-likeness (QED) is 0.671. The molecular formula is C16H15NO4S. The number of fused-ring (bicyclic) bond motifs is 1. The summed E-state index contributed by atoms with van der Waals surface area (Å²) in [6.07, 6.45) is -0.0910. The van der Waals surface area contributed by atoms with Crippen LogP contribution in [0.5, 0.6) is 0 Å². The lowest BCUT2D eigenvalue weighted by molar-refractivity contribution is -0.129. The highest BCUT2D eigenvalue weighted by Gasteiger charge is 2.46. The zero-order chi connectivity index (χ0) is 15.7. The molecule has 0 saturated heterocycles. The molecule has 0 bridgehead atoms. The highest BCUT2D eigenvalue weighted by atomic mass is 32.2. The van der Waals surface area contributed by atoms with Crippen molar-refractivity contribution >= 4 is 15.7 Å². The van der Waals surface area contributed by atoms with Crippen LogP contribution >= 0.6 is 0 Å². The van der Waals surface area contributed by atoms with Gasteiger partial charge in [0.15, 0.2) is 9.84 Å². The molecule has 1 aliphatic heterocycles. The van der Waals surface area contributed by atoms with Gasteiger partial charge in [0.05, 0.1) is 10.1 Å². The van der Waals surface area contributed by atoms with Gasteiger partial charge in [0, 0.05) is 12.3 Å². The number of rotatable bonds is 3. The second kappa shape index (κ2) is 5.55. The smallest absolute Gasteiger partial charge is 0.244 e. The van der Waals surface area contributed by atoms with Gasteiger partial charge in [-0.25, -0.2) is 13.9 Å². The van der Waals surface area contributed by atoms with Crippen LogP contribution in [0.25, 0.3) is 0 Å². The lowest BCUT2D eigenvalue weighted by Crippen LogP contribution is -2.23. The van der Waals surface area contributed by atoms with Crippen molar-refractivity contribution in [2.75, 3.05) is 0 Å². The summed E-state index contributed by atoms with van der Waals surface area (Å²) < 4.78 is 25.7. The van der Waals surface area contributed by atoms with Crippen LogP contribution in [0.4, 0.5) is 0 Å². The zero-order valence-electron chi connectivity index (χ0n) is 11.6. The molecule has 22 heavy (non-hydrogen) atoms. The topological polar surface area (TPSA) is 83.5 Å². The van der Waals surface area contributed by atoms with Crippen molar-refractivity contribution in [2.24, 2.45) is 0 Å². The van der Waals surface area contributed by atoms with E-state index in [-0.39, 0.29) is 11.3 Å². The van der Waals surface area contributed by atoms with E-state index in [4.69, 9.17) is 5.21 Å². The molecule has 2 aromatic rings. The summed E-state index contributed by atoms with van der Waals surface area (Å²) in [5.41, 5.74) is 2.86. The Kier molecular flexibility index (Phi) is 3.72. The van der Waals surface area contributed by atoms with Gasteiger partial charge in [0.1, 0.15) is 0 Å². The van der Waals surface area contributed by atoms with Crippen molar-refractivity contribution < 1.29 is 18.4 Å². The third kappa shape index (κ3) is 2.30. The van der Waals surface area contributed by atoms with Gasteiger partial charge in [-0.15, -0.1) is 0 Å². The van der Waals surface area contributed by atoms with Gasteiger partial charge in [-0.05, 0) is 17.2 Å². The summed E-state index contributed by atoms with van der Waals surface area (Å²) >= 11 is 0. The first kappa shape index (κ1) is 14.7. The molecule has 3 rings (SSSR count). The van der Waals surface area contributed by atoms with Crippen LogP contribution in [-0.2, 0) is 14.6 Å². The molecular weight excluding hydrogens is 302 g/mol. The highest BCUT2D eigenvalue weighted by molar-refractivity contribution is 7.92. The number of benzene rings is 2. The minimum Gasteiger partial charge on any atom is -0.289 e. The number of nitrogens with one attached hydrogen (secondary N) is 1. The first-order valence-corrected chi connectivity index (χ1v) is 8.41. The van der Waals surface area contributed by atoms with Gasteiger partial charge in [-0.1, -0.05) is 48.5 Å². The average Bonchev–Trinajstić information content (AvgIpc) is 2.76. The Bertz CT molecular complexity index is 802. The van der Waals surface area contributed by atoms with E-state index in [1.54, 1.807) is 54.0 Å². The SMILES string of the molecule is O=C(C[C@@H]1c2ccccc2S(=O)(=O)C1c1ccccc1)NO. The minimum absolute atomic E-state index is 0.0910. The second-order valence-corrected chi connectivity index (χ2v) is 7.30. The normalized spacial score (nSPS) is 22.0. The molecule has 0 spiro atoms. The maximum absolute atomic E-state index is 12.9. The molecule has 0 radical (unpaired) electrons. The molecule has 0 aliphatic carbocycles. The predicted molar refractivity (Wildman–Crippen MR) is 80.1 cm³/mol. The Morgan fingerprint density at radius 1 is 1.05 bits per heavy atom. The molecule has 1 heterocycles. The fourth-order valence-electron chi connectivity index (χ4n) is 3.08. The fraction of sp³-hybridized carbons (Fsp3) is 0.188. The van der Waals surface area contributed by atoms with Gasteiger partial charge in [-0.2, -0.15) is 0 Å². The highest BCUT2D eigenvalue weighted by Crippen LogP contribution is 2.50. The molecule has 2 aromatic carbocycles. The molecule has 0 fully saturated rings. The Morgan fingerprint density at radius 3 is 2.36 bits per heavy atom. The molecule has 0 saturated carbocycles. The van der Waals surface area contributed by atoms with Crippen molar-refractivity contribution in [1.29, 1.82) is 0 Å². The van der Waals surface area contributed by atoms with E-state index in [1.807, 2.05) is 6.07 Å². The Labute approximate surface area is 128 Å². The second-order valence-electron chi connectivity index (χ2n) is 5.26. The van der Waals surface area contributed by atoms with E-state index >= 15 is 0 Å². The molecule has 114 valence electrons. The van der Waals surface area contributed by atoms with Crippen molar-refractivity contribution in [3.8, 4) is 0 Å². The number of sulfone groups is 1. The Hall–Kier alpha value is -2.18. The molecule has 2 atom stereocenters. The number of carbonyl (C=O) groups is 1. The lowest BCUT2D eigenvalue weighted by atomic mass is 9.89. The van der Waals surface area contributed by atoms with Gasteiger partial charge in [0.2, 0.25) is 5.91 Å². The predicted octanol–water partition coefficient (Wildman–Crippen LogP) is 2.19. The van der Waals surface area contributed by atoms with Crippen LogP contribution in [0.1, 0.15) is 28.7 Å². The van der Waals surface area contributed by atoms with Gasteiger partial charge in [0.25, 0.3) is 0 Å². The van der Waals surface area contributed by atoms with E-state index in [2.05, 4.69) is 0 Å². The molecule has 5 nitrogen and oxygen atoms in total. The van der Waals surface area contributed by atoms with Crippen LogP contribution in [-0.4, -0.2) is 19.5 Å². The molecule has 6 heteroatoms. The average molecular weight is 317 g/mol. The molecule has 1 unspecified atom stereocenters. The van der Waals surface area contributed by atoms with Crippen LogP contribution in [0.3, 0.4) is 0 Å². The fourth-order valence-corrected chi connectivity index (χ4v) is 5.36. The maximum Gasteiger partial charge on any atom is 0.244 e. The molecule has 0 aromatic heterocycles. The van der Waals surface area contributed by atoms with Crippen molar-refractivity contribution in [3.63, 3.8) is 0 Å². The number of hydrogen-bond donors (Lipinski definition) is 2. The number of hydrogen-bond acceptors (Lipinski definition) is 4. The summed E-state index contributed by atoms with van der Waals surface area (Å²) in [4.78, 5) is 11.9. The zero-order valence-corrected chi connectivity index (χ0v) is 12.5. The summed E-state index contributed by atoms with van der Waals surface area (Å²) in [7, 11) is -3.56. The standard InChI is InChI=1S/C16H15NO4S/c18-15(17-19)10-13-12-8-4-5-9-14(12)22(20,21)16(13)11-6-2-1-3-7-11/h1-9,13,16,19H,10H2,(H,17,18)/t13-,16?/m1/s1. The van der Waals surface area contributed by atoms with Crippen molar-refractivity contribution in [2.45, 2.75) is 22.5 Å². The Morgan fingerprint density at radius 2 is 1.68 bits per heavy atom. The monoisotopic (exact) mass is 317 g/mol. The van der Waals surface area contributed by atoms with Crippen LogP contribution in [0.15, 0.2) is 59.5 Å². The lowest BCUT2D eigenvalue weighted by Gasteiger charge is -2.18. The number of hydroxylamine groups is 1. The van der Waals surface area contributed by atoms with Crippen LogP contribution < -0.4 is 5.48 Å². The summed E-state index contributed by atoms with van der Waals surface area (Å²) in [5.74, 6) is -1.12. The Balaban J connectivity index is 2.16. The van der Waals surface area contributed by atoms with Crippen molar-refractivity contribution in [3.05, 3.63) is 65.7 Å². The minimum atomic E-state index is -3.56. The van der Waals surface area contributed by atoms with E-state index in [0.717, 1.165) is 0 Å². The summed E-state index contributed by atoms with van der Waals surface area (Å²) in [6.45, 7) is 0. The molecule has 2 N–H and O–H groups in total. The third-order valence-electron chi connectivity index (χ3n) is 3.98.